The van der Waals surface area contributed by atoms with Crippen LogP contribution in [0.15, 0.2) is 63.8 Å². The van der Waals surface area contributed by atoms with Crippen LogP contribution in [0.4, 0.5) is 0 Å². The summed E-state index contributed by atoms with van der Waals surface area (Å²) in [5.41, 5.74) is 1.20. The molecule has 1 aliphatic carbocycles. The van der Waals surface area contributed by atoms with Gasteiger partial charge in [-0.15, -0.1) is 0 Å². The molecule has 1 heterocycles. The maximum Gasteiger partial charge on any atom is 0.182 e. The molecule has 2 aromatic rings. The quantitative estimate of drug-likeness (QED) is 0.0980. The van der Waals surface area contributed by atoms with Gasteiger partial charge in [0.2, 0.25) is 0 Å². The fourth-order valence-corrected chi connectivity index (χ4v) is 5.94. The lowest BCUT2D eigenvalue weighted by Gasteiger charge is -2.35. The van der Waals surface area contributed by atoms with Crippen molar-refractivity contribution in [2.75, 3.05) is 60.9 Å². The molecule has 0 atom stereocenters. The molecule has 1 aliphatic heterocycles. The minimum atomic E-state index is -5.37. The molecule has 1 N–H and O–H groups in total. The summed E-state index contributed by atoms with van der Waals surface area (Å²) in [6, 6.07) is 12.6. The Balaban J connectivity index is 1.70. The van der Waals surface area contributed by atoms with Crippen LogP contribution in [0.25, 0.3) is 33.4 Å². The van der Waals surface area contributed by atoms with Crippen molar-refractivity contribution in [1.82, 2.24) is 5.32 Å². The molecule has 0 spiro atoms. The Kier molecular flexibility index (Phi) is 10.2. The Hall–Kier alpha value is -3.64. The van der Waals surface area contributed by atoms with E-state index in [4.69, 9.17) is 16.6 Å². The predicted octanol–water partition coefficient (Wildman–Crippen LogP) is 1.96. The number of hydrogen-bond acceptors (Lipinski definition) is 9. The highest BCUT2D eigenvalue weighted by Crippen LogP contribution is 2.43. The van der Waals surface area contributed by atoms with Gasteiger partial charge in [-0.05, 0) is 42.3 Å². The Bertz CT molecular complexity index is 1810. The number of nitrogens with zero attached hydrogens (tertiary/aromatic N) is 2. The summed E-state index contributed by atoms with van der Waals surface area (Å²) in [5.74, 6) is -1.61. The van der Waals surface area contributed by atoms with Crippen molar-refractivity contribution in [2.45, 2.75) is 13.3 Å². The zero-order valence-corrected chi connectivity index (χ0v) is 27.7. The third kappa shape index (κ3) is 8.76. The third-order valence-corrected chi connectivity index (χ3v) is 8.61. The van der Waals surface area contributed by atoms with Gasteiger partial charge >= 0.3 is 0 Å². The minimum Gasteiger partial charge on any atom is -0.780 e. The molecule has 0 unspecified atom stereocenters. The van der Waals surface area contributed by atoms with Crippen LogP contribution in [0.5, 0.6) is 5.75 Å². The summed E-state index contributed by atoms with van der Waals surface area (Å²) < 4.78 is 23.3. The number of hydrogen-bond donors (Lipinski definition) is 1. The normalized spacial score (nSPS) is 12.4. The van der Waals surface area contributed by atoms with Crippen LogP contribution in [0, 0.1) is 0 Å². The number of nitrogens with one attached hydrogen (secondary N) is 1. The fourth-order valence-electron chi connectivity index (χ4n) is 5.34. The maximum atomic E-state index is 12.3. The number of quaternary nitrogens is 2. The number of carboxylic acids is 1. The first-order chi connectivity index (χ1) is 21.0. The average molecular weight is 655 g/mol. The van der Waals surface area contributed by atoms with E-state index in [-0.39, 0.29) is 33.6 Å². The van der Waals surface area contributed by atoms with Gasteiger partial charge in [0, 0.05) is 39.8 Å². The summed E-state index contributed by atoms with van der Waals surface area (Å²) in [6.45, 7) is 6.74. The van der Waals surface area contributed by atoms with Crippen LogP contribution >= 0.6 is 20.0 Å². The molecular weight excluding hydrogens is 617 g/mol. The molecular formula is C32H37N3O8PS-. The number of carbonyl (C=O) groups excluding carboxylic acids is 1. The summed E-state index contributed by atoms with van der Waals surface area (Å²) in [5, 5.41) is 16.0. The monoisotopic (exact) mass is 654 g/mol. The van der Waals surface area contributed by atoms with Gasteiger partial charge in [-0.25, -0.2) is 0 Å². The highest BCUT2D eigenvalue weighted by atomic mass is 32.1. The highest BCUT2D eigenvalue weighted by Gasteiger charge is 2.23. The van der Waals surface area contributed by atoms with Crippen molar-refractivity contribution in [3.63, 3.8) is 0 Å². The second-order valence-corrected chi connectivity index (χ2v) is 13.9. The lowest BCUT2D eigenvalue weighted by molar-refractivity contribution is -0.945. The molecule has 13 heteroatoms. The third-order valence-electron chi connectivity index (χ3n) is 7.80. The molecule has 240 valence electrons. The molecule has 11 nitrogen and oxygen atoms in total. The summed E-state index contributed by atoms with van der Waals surface area (Å²) in [4.78, 5) is 47.4. The van der Waals surface area contributed by atoms with Crippen molar-refractivity contribution in [3.8, 4) is 28.2 Å². The number of aromatic carboxylic acids is 1. The predicted molar refractivity (Wildman–Crippen MR) is 171 cm³/mol. The lowest BCUT2D eigenvalue weighted by Crippen LogP contribution is -2.53. The molecule has 0 saturated carbocycles. The second kappa shape index (κ2) is 13.4. The van der Waals surface area contributed by atoms with E-state index in [1.54, 1.807) is 12.1 Å². The molecule has 45 heavy (non-hydrogen) atoms. The van der Waals surface area contributed by atoms with Crippen LogP contribution in [0.1, 0.15) is 29.3 Å². The number of benzene rings is 3. The zero-order valence-electron chi connectivity index (χ0n) is 26.0. The van der Waals surface area contributed by atoms with E-state index in [2.05, 4.69) is 45.0 Å². The van der Waals surface area contributed by atoms with Crippen LogP contribution in [-0.2, 0) is 4.57 Å². The first-order valence-electron chi connectivity index (χ1n) is 14.5. The van der Waals surface area contributed by atoms with Gasteiger partial charge in [0.25, 0.3) is 0 Å². The van der Waals surface area contributed by atoms with E-state index in [0.29, 0.717) is 33.6 Å². The number of phosphoric ester groups is 1. The SMILES string of the molecule is CCC[N+](C)(C)CC[N+](C)(C)CCNC(=S)c1ccc(C(=O)[O-])c(-c2c3ccc(=O)cc-3oc3cc(OP(=O)([O-])[O-])ccc23)c1. The Labute approximate surface area is 267 Å². The van der Waals surface area contributed by atoms with E-state index in [1.807, 2.05) is 0 Å². The van der Waals surface area contributed by atoms with Crippen molar-refractivity contribution in [2.24, 2.45) is 0 Å². The second-order valence-electron chi connectivity index (χ2n) is 12.4. The van der Waals surface area contributed by atoms with Gasteiger partial charge in [0.15, 0.2) is 5.43 Å². The molecule has 0 bridgehead atoms. The zero-order chi connectivity index (χ0) is 33.2. The Morgan fingerprint density at radius 2 is 1.62 bits per heavy atom. The number of fused-ring (bicyclic) bond motifs is 2. The topological polar surface area (TPSA) is 155 Å². The van der Waals surface area contributed by atoms with Gasteiger partial charge in [-0.1, -0.05) is 31.3 Å². The summed E-state index contributed by atoms with van der Waals surface area (Å²) in [6.07, 6.45) is 1.12. The van der Waals surface area contributed by atoms with Crippen molar-refractivity contribution >= 4 is 42.0 Å². The average Bonchev–Trinajstić information content (AvgIpc) is 2.93. The maximum absolute atomic E-state index is 12.3. The highest BCUT2D eigenvalue weighted by molar-refractivity contribution is 7.80. The van der Waals surface area contributed by atoms with E-state index in [0.717, 1.165) is 41.6 Å². The summed E-state index contributed by atoms with van der Waals surface area (Å²) in [7, 11) is 3.46. The Morgan fingerprint density at radius 3 is 2.27 bits per heavy atom. The number of rotatable bonds is 13. The van der Waals surface area contributed by atoms with E-state index >= 15 is 0 Å². The Morgan fingerprint density at radius 1 is 0.933 bits per heavy atom. The van der Waals surface area contributed by atoms with E-state index in [9.17, 15) is 29.0 Å². The van der Waals surface area contributed by atoms with Gasteiger partial charge in [0.1, 0.15) is 43.0 Å². The molecule has 0 saturated heterocycles. The van der Waals surface area contributed by atoms with Gasteiger partial charge in [0.05, 0.1) is 53.8 Å². The van der Waals surface area contributed by atoms with Crippen molar-refractivity contribution < 1.29 is 42.2 Å². The van der Waals surface area contributed by atoms with E-state index in [1.165, 1.54) is 42.5 Å². The van der Waals surface area contributed by atoms with Crippen LogP contribution in [0.3, 0.4) is 0 Å². The van der Waals surface area contributed by atoms with Crippen LogP contribution < -0.4 is 30.2 Å². The fraction of sp³-hybridized carbons (Fsp3) is 0.344. The molecule has 0 fully saturated rings. The number of phosphoric acid groups is 1. The van der Waals surface area contributed by atoms with Crippen molar-refractivity contribution in [1.29, 1.82) is 0 Å². The standard InChI is InChI=1S/C32H38N3O8PS/c1-6-14-34(2,3)16-17-35(4,5)15-13-33-31(45)21-7-10-24(32(37)38)27(18-21)30-25-11-8-22(36)19-28(25)42-29-20-23(9-12-26(29)30)43-44(39,40)41/h7-12,18-20H,6,13-17H2,1-5H3,(H2-2,33,37,38,39,40,41,45)/p-1. The smallest absolute Gasteiger partial charge is 0.182 e. The lowest BCUT2D eigenvalue weighted by atomic mass is 9.89. The number of thiocarbonyl (C=S) groups is 1. The minimum absolute atomic E-state index is 0.0604. The van der Waals surface area contributed by atoms with Crippen LogP contribution in [-0.4, -0.2) is 80.8 Å². The van der Waals surface area contributed by atoms with Crippen LogP contribution in [0.2, 0.25) is 0 Å². The molecule has 2 aliphatic rings. The largest absolute Gasteiger partial charge is 0.780 e. The molecule has 0 radical (unpaired) electrons. The number of likely N-dealkylation sites (N-methyl/N-ethyl adjacent to an activating group) is 2. The molecule has 2 aromatic carbocycles. The van der Waals surface area contributed by atoms with E-state index < -0.39 is 13.8 Å². The molecule has 0 aromatic heterocycles. The van der Waals surface area contributed by atoms with Gasteiger partial charge in [-0.3, -0.25) is 4.79 Å². The van der Waals surface area contributed by atoms with Gasteiger partial charge < -0.3 is 47.5 Å². The number of carbonyl (C=O) groups is 1. The molecule has 0 amide bonds. The first kappa shape index (κ1) is 34.2. The molecule has 4 rings (SSSR count). The van der Waals surface area contributed by atoms with Crippen molar-refractivity contribution in [3.05, 3.63) is 75.9 Å². The number of carboxylic acid groups (broad SMARTS) is 1. The summed E-state index contributed by atoms with van der Waals surface area (Å²) >= 11 is 5.72. The first-order valence-corrected chi connectivity index (χ1v) is 16.4. The van der Waals surface area contributed by atoms with Gasteiger partial charge in [-0.2, -0.15) is 0 Å².